The Labute approximate surface area is 88.8 Å². The Hall–Kier alpha value is -1.61. The number of benzene rings is 1. The average molecular weight is 202 g/mol. The van der Waals surface area contributed by atoms with Gasteiger partial charge in [-0.25, -0.2) is 4.98 Å². The van der Waals surface area contributed by atoms with Crippen LogP contribution in [0.4, 0.5) is 0 Å². The lowest BCUT2D eigenvalue weighted by atomic mass is 10.00. The highest BCUT2D eigenvalue weighted by atomic mass is 16.3. The Morgan fingerprint density at radius 3 is 3.00 bits per heavy atom. The third-order valence-corrected chi connectivity index (χ3v) is 2.50. The van der Waals surface area contributed by atoms with Gasteiger partial charge in [-0.15, -0.1) is 0 Å². The van der Waals surface area contributed by atoms with E-state index < -0.39 is 0 Å². The minimum Gasteiger partial charge on any atom is -0.396 e. The maximum atomic E-state index is 9.09. The lowest BCUT2D eigenvalue weighted by Crippen LogP contribution is -1.98. The first kappa shape index (κ1) is 9.93. The number of imidazole rings is 1. The molecular weight excluding hydrogens is 188 g/mol. The van der Waals surface area contributed by atoms with E-state index in [0.717, 1.165) is 17.0 Å². The molecule has 1 atom stereocenters. The zero-order chi connectivity index (χ0) is 10.7. The Balaban J connectivity index is 2.35. The maximum absolute atomic E-state index is 9.09. The van der Waals surface area contributed by atoms with Crippen molar-refractivity contribution in [2.45, 2.75) is 12.8 Å². The molecule has 0 spiro atoms. The van der Waals surface area contributed by atoms with Crippen LogP contribution in [0.25, 0.3) is 11.4 Å². The molecule has 0 saturated carbocycles. The number of nitrogens with one attached hydrogen (secondary N) is 1. The standard InChI is InChI=1S/C12H14N2O/c1-9(8-15)10-3-2-4-11(7-10)12-13-5-6-14-12/h2-7,9,15H,8H2,1H3,(H,13,14). The Kier molecular flexibility index (Phi) is 2.83. The highest BCUT2D eigenvalue weighted by Crippen LogP contribution is 2.21. The van der Waals surface area contributed by atoms with Gasteiger partial charge in [0.2, 0.25) is 0 Å². The summed E-state index contributed by atoms with van der Waals surface area (Å²) < 4.78 is 0. The lowest BCUT2D eigenvalue weighted by molar-refractivity contribution is 0.273. The average Bonchev–Trinajstić information content (AvgIpc) is 2.82. The molecule has 15 heavy (non-hydrogen) atoms. The number of rotatable bonds is 3. The van der Waals surface area contributed by atoms with Gasteiger partial charge in [-0.1, -0.05) is 25.1 Å². The molecule has 2 rings (SSSR count). The fourth-order valence-electron chi connectivity index (χ4n) is 1.52. The van der Waals surface area contributed by atoms with Gasteiger partial charge in [-0.2, -0.15) is 0 Å². The van der Waals surface area contributed by atoms with Gasteiger partial charge in [0.1, 0.15) is 5.82 Å². The number of aliphatic hydroxyl groups excluding tert-OH is 1. The van der Waals surface area contributed by atoms with Gasteiger partial charge < -0.3 is 10.1 Å². The summed E-state index contributed by atoms with van der Waals surface area (Å²) in [5.74, 6) is 1.03. The molecule has 1 heterocycles. The summed E-state index contributed by atoms with van der Waals surface area (Å²) >= 11 is 0. The second-order valence-electron chi connectivity index (χ2n) is 3.65. The lowest BCUT2D eigenvalue weighted by Gasteiger charge is -2.08. The van der Waals surface area contributed by atoms with E-state index in [9.17, 15) is 0 Å². The van der Waals surface area contributed by atoms with Crippen LogP contribution < -0.4 is 0 Å². The zero-order valence-electron chi connectivity index (χ0n) is 8.64. The second-order valence-corrected chi connectivity index (χ2v) is 3.65. The smallest absolute Gasteiger partial charge is 0.137 e. The van der Waals surface area contributed by atoms with E-state index in [1.165, 1.54) is 0 Å². The molecule has 0 saturated heterocycles. The number of hydrogen-bond donors (Lipinski definition) is 2. The van der Waals surface area contributed by atoms with Crippen molar-refractivity contribution in [2.75, 3.05) is 6.61 Å². The molecule has 0 fully saturated rings. The first-order valence-electron chi connectivity index (χ1n) is 5.02. The van der Waals surface area contributed by atoms with Gasteiger partial charge in [-0.3, -0.25) is 0 Å². The molecule has 3 heteroatoms. The Morgan fingerprint density at radius 2 is 2.33 bits per heavy atom. The monoisotopic (exact) mass is 202 g/mol. The van der Waals surface area contributed by atoms with Crippen LogP contribution in [0.1, 0.15) is 18.4 Å². The van der Waals surface area contributed by atoms with Crippen molar-refractivity contribution in [3.63, 3.8) is 0 Å². The number of aromatic amines is 1. The minimum absolute atomic E-state index is 0.167. The molecule has 0 aliphatic carbocycles. The Bertz CT molecular complexity index is 423. The molecule has 2 N–H and O–H groups in total. The van der Waals surface area contributed by atoms with Crippen LogP contribution in [-0.2, 0) is 0 Å². The second kappa shape index (κ2) is 4.28. The maximum Gasteiger partial charge on any atom is 0.137 e. The molecule has 2 aromatic rings. The number of hydrogen-bond acceptors (Lipinski definition) is 2. The summed E-state index contributed by atoms with van der Waals surface area (Å²) in [5, 5.41) is 9.09. The van der Waals surface area contributed by atoms with Gasteiger partial charge in [0.25, 0.3) is 0 Å². The highest BCUT2D eigenvalue weighted by Gasteiger charge is 2.06. The molecule has 1 unspecified atom stereocenters. The first-order chi connectivity index (χ1) is 7.31. The van der Waals surface area contributed by atoms with Crippen molar-refractivity contribution in [1.29, 1.82) is 0 Å². The van der Waals surface area contributed by atoms with Crippen LogP contribution in [0.3, 0.4) is 0 Å². The largest absolute Gasteiger partial charge is 0.396 e. The third-order valence-electron chi connectivity index (χ3n) is 2.50. The molecule has 0 aliphatic rings. The van der Waals surface area contributed by atoms with Crippen LogP contribution in [0.15, 0.2) is 36.7 Å². The summed E-state index contributed by atoms with van der Waals surface area (Å²) in [7, 11) is 0. The van der Waals surface area contributed by atoms with Crippen LogP contribution in [0, 0.1) is 0 Å². The molecular formula is C12H14N2O. The summed E-state index contributed by atoms with van der Waals surface area (Å²) in [5.41, 5.74) is 2.18. The van der Waals surface area contributed by atoms with Gasteiger partial charge >= 0.3 is 0 Å². The van der Waals surface area contributed by atoms with Crippen molar-refractivity contribution < 1.29 is 5.11 Å². The molecule has 0 aliphatic heterocycles. The number of nitrogens with zero attached hydrogens (tertiary/aromatic N) is 1. The summed E-state index contributed by atoms with van der Waals surface area (Å²) in [6, 6.07) is 8.07. The highest BCUT2D eigenvalue weighted by molar-refractivity contribution is 5.56. The fraction of sp³-hybridized carbons (Fsp3) is 0.250. The first-order valence-corrected chi connectivity index (χ1v) is 5.02. The Morgan fingerprint density at radius 1 is 1.47 bits per heavy atom. The summed E-state index contributed by atoms with van der Waals surface area (Å²) in [6.07, 6.45) is 3.54. The SMILES string of the molecule is CC(CO)c1cccc(-c2ncc[nH]2)c1. The van der Waals surface area contributed by atoms with Crippen molar-refractivity contribution in [2.24, 2.45) is 0 Å². The molecule has 1 aromatic carbocycles. The molecule has 3 nitrogen and oxygen atoms in total. The molecule has 0 radical (unpaired) electrons. The predicted molar refractivity (Wildman–Crippen MR) is 59.5 cm³/mol. The van der Waals surface area contributed by atoms with Crippen LogP contribution in [0.5, 0.6) is 0 Å². The third kappa shape index (κ3) is 2.07. The van der Waals surface area contributed by atoms with E-state index in [1.807, 2.05) is 25.1 Å². The van der Waals surface area contributed by atoms with E-state index >= 15 is 0 Å². The molecule has 1 aromatic heterocycles. The topological polar surface area (TPSA) is 48.9 Å². The molecule has 78 valence electrons. The quantitative estimate of drug-likeness (QED) is 0.801. The summed E-state index contributed by atoms with van der Waals surface area (Å²) in [6.45, 7) is 2.17. The van der Waals surface area contributed by atoms with Crippen LogP contribution >= 0.6 is 0 Å². The van der Waals surface area contributed by atoms with Gasteiger partial charge in [-0.05, 0) is 11.6 Å². The zero-order valence-corrected chi connectivity index (χ0v) is 8.64. The number of aromatic nitrogens is 2. The van der Waals surface area contributed by atoms with Gasteiger partial charge in [0, 0.05) is 30.5 Å². The van der Waals surface area contributed by atoms with Crippen molar-refractivity contribution in [3.05, 3.63) is 42.2 Å². The van der Waals surface area contributed by atoms with Crippen molar-refractivity contribution in [1.82, 2.24) is 9.97 Å². The van der Waals surface area contributed by atoms with E-state index in [0.29, 0.717) is 0 Å². The minimum atomic E-state index is 0.167. The van der Waals surface area contributed by atoms with Crippen LogP contribution in [0.2, 0.25) is 0 Å². The van der Waals surface area contributed by atoms with Gasteiger partial charge in [0.05, 0.1) is 0 Å². The van der Waals surface area contributed by atoms with Crippen molar-refractivity contribution >= 4 is 0 Å². The van der Waals surface area contributed by atoms with Crippen molar-refractivity contribution in [3.8, 4) is 11.4 Å². The fourth-order valence-corrected chi connectivity index (χ4v) is 1.52. The molecule has 0 amide bonds. The number of aliphatic hydroxyl groups is 1. The number of H-pyrrole nitrogens is 1. The molecule has 0 bridgehead atoms. The van der Waals surface area contributed by atoms with E-state index in [2.05, 4.69) is 16.0 Å². The summed E-state index contributed by atoms with van der Waals surface area (Å²) in [4.78, 5) is 7.26. The van der Waals surface area contributed by atoms with E-state index in [1.54, 1.807) is 12.4 Å². The normalized spacial score (nSPS) is 12.7. The van der Waals surface area contributed by atoms with E-state index in [4.69, 9.17) is 5.11 Å². The van der Waals surface area contributed by atoms with Crippen LogP contribution in [-0.4, -0.2) is 21.7 Å². The van der Waals surface area contributed by atoms with E-state index in [-0.39, 0.29) is 12.5 Å². The van der Waals surface area contributed by atoms with Gasteiger partial charge in [0.15, 0.2) is 0 Å². The predicted octanol–water partition coefficient (Wildman–Crippen LogP) is 2.17.